The Balaban J connectivity index is 1.94. The molecule has 0 aliphatic carbocycles. The highest BCUT2D eigenvalue weighted by atomic mass is 19.4. The SMILES string of the molecule is CCOC(=O)C1=NO[C@H]2C(=O)N(c3cccc(C(F)(F)F)c3)C(=O)[C@@H]12. The Hall–Kier alpha value is -2.91. The molecule has 1 aromatic rings. The van der Waals surface area contributed by atoms with Crippen LogP contribution in [0.3, 0.4) is 0 Å². The van der Waals surface area contributed by atoms with Gasteiger partial charge in [-0.3, -0.25) is 9.59 Å². The molecule has 2 atom stereocenters. The predicted octanol–water partition coefficient (Wildman–Crippen LogP) is 1.51. The van der Waals surface area contributed by atoms with Crippen molar-refractivity contribution in [3.8, 4) is 0 Å². The number of rotatable bonds is 3. The summed E-state index contributed by atoms with van der Waals surface area (Å²) < 4.78 is 43.3. The number of ether oxygens (including phenoxy) is 1. The molecule has 1 fully saturated rings. The first-order chi connectivity index (χ1) is 11.8. The van der Waals surface area contributed by atoms with Crippen molar-refractivity contribution < 1.29 is 37.1 Å². The van der Waals surface area contributed by atoms with Crippen molar-refractivity contribution in [1.29, 1.82) is 0 Å². The van der Waals surface area contributed by atoms with Crippen LogP contribution in [0.1, 0.15) is 12.5 Å². The lowest BCUT2D eigenvalue weighted by Gasteiger charge is -2.17. The highest BCUT2D eigenvalue weighted by molar-refractivity contribution is 6.46. The maximum atomic E-state index is 12.8. The number of oxime groups is 1. The molecule has 132 valence electrons. The maximum absolute atomic E-state index is 12.8. The van der Waals surface area contributed by atoms with Gasteiger partial charge in [0.15, 0.2) is 5.71 Å². The van der Waals surface area contributed by atoms with Crippen LogP contribution in [-0.2, 0) is 30.1 Å². The molecule has 0 N–H and O–H groups in total. The highest BCUT2D eigenvalue weighted by Crippen LogP contribution is 2.36. The lowest BCUT2D eigenvalue weighted by Crippen LogP contribution is -2.35. The average molecular weight is 356 g/mol. The van der Waals surface area contributed by atoms with Crippen LogP contribution in [0, 0.1) is 5.92 Å². The summed E-state index contributed by atoms with van der Waals surface area (Å²) in [5, 5.41) is 3.42. The summed E-state index contributed by atoms with van der Waals surface area (Å²) in [7, 11) is 0. The zero-order chi connectivity index (χ0) is 18.4. The number of amides is 2. The van der Waals surface area contributed by atoms with Gasteiger partial charge in [0.2, 0.25) is 12.0 Å². The third-order valence-corrected chi connectivity index (χ3v) is 3.73. The third kappa shape index (κ3) is 2.73. The van der Waals surface area contributed by atoms with E-state index in [1.807, 2.05) is 0 Å². The molecular weight excluding hydrogens is 345 g/mol. The van der Waals surface area contributed by atoms with E-state index in [0.717, 1.165) is 12.1 Å². The van der Waals surface area contributed by atoms with E-state index in [1.165, 1.54) is 6.07 Å². The molecule has 25 heavy (non-hydrogen) atoms. The molecule has 0 radical (unpaired) electrons. The summed E-state index contributed by atoms with van der Waals surface area (Å²) in [5.74, 6) is -4.03. The largest absolute Gasteiger partial charge is 0.461 e. The van der Waals surface area contributed by atoms with Crippen molar-refractivity contribution in [2.45, 2.75) is 19.2 Å². The first kappa shape index (κ1) is 16.9. The number of benzene rings is 1. The molecular formula is C15H11F3N2O5. The van der Waals surface area contributed by atoms with Crippen molar-refractivity contribution in [2.75, 3.05) is 11.5 Å². The van der Waals surface area contributed by atoms with Crippen molar-refractivity contribution in [1.82, 2.24) is 0 Å². The molecule has 0 spiro atoms. The second-order valence-electron chi connectivity index (χ2n) is 5.26. The highest BCUT2D eigenvalue weighted by Gasteiger charge is 2.58. The number of carbonyl (C=O) groups is 3. The Labute approximate surface area is 139 Å². The maximum Gasteiger partial charge on any atom is 0.416 e. The van der Waals surface area contributed by atoms with E-state index in [4.69, 9.17) is 9.57 Å². The van der Waals surface area contributed by atoms with Crippen LogP contribution in [-0.4, -0.2) is 36.2 Å². The quantitative estimate of drug-likeness (QED) is 0.605. The van der Waals surface area contributed by atoms with E-state index in [-0.39, 0.29) is 18.0 Å². The lowest BCUT2D eigenvalue weighted by molar-refractivity contribution is -0.138. The van der Waals surface area contributed by atoms with E-state index in [9.17, 15) is 27.6 Å². The number of imide groups is 1. The van der Waals surface area contributed by atoms with Crippen LogP contribution >= 0.6 is 0 Å². The molecule has 3 rings (SSSR count). The minimum absolute atomic E-state index is 0.0225. The summed E-state index contributed by atoms with van der Waals surface area (Å²) in [6, 6.07) is 3.76. The van der Waals surface area contributed by atoms with E-state index in [2.05, 4.69) is 5.16 Å². The number of fused-ring (bicyclic) bond motifs is 1. The van der Waals surface area contributed by atoms with Gasteiger partial charge < -0.3 is 9.57 Å². The molecule has 1 saturated heterocycles. The third-order valence-electron chi connectivity index (χ3n) is 3.73. The fraction of sp³-hybridized carbons (Fsp3) is 0.333. The molecule has 2 heterocycles. The van der Waals surface area contributed by atoms with Gasteiger partial charge in [-0.1, -0.05) is 11.2 Å². The van der Waals surface area contributed by atoms with Gasteiger partial charge >= 0.3 is 12.1 Å². The van der Waals surface area contributed by atoms with E-state index >= 15 is 0 Å². The fourth-order valence-corrected chi connectivity index (χ4v) is 2.63. The van der Waals surface area contributed by atoms with Gasteiger partial charge in [0.05, 0.1) is 17.9 Å². The molecule has 0 bridgehead atoms. The Morgan fingerprint density at radius 1 is 1.32 bits per heavy atom. The minimum atomic E-state index is -4.63. The van der Waals surface area contributed by atoms with Crippen LogP contribution in [0.25, 0.3) is 0 Å². The van der Waals surface area contributed by atoms with Gasteiger partial charge in [0.25, 0.3) is 5.91 Å². The Kier molecular flexibility index (Phi) is 3.97. The van der Waals surface area contributed by atoms with Crippen LogP contribution in [0.4, 0.5) is 18.9 Å². The first-order valence-electron chi connectivity index (χ1n) is 7.21. The van der Waals surface area contributed by atoms with Gasteiger partial charge in [-0.2, -0.15) is 13.2 Å². The molecule has 2 aliphatic heterocycles. The monoisotopic (exact) mass is 356 g/mol. The molecule has 2 aliphatic rings. The Bertz CT molecular complexity index is 790. The van der Waals surface area contributed by atoms with E-state index in [0.29, 0.717) is 11.0 Å². The molecule has 0 unspecified atom stereocenters. The van der Waals surface area contributed by atoms with Gasteiger partial charge in [-0.25, -0.2) is 9.69 Å². The number of esters is 1. The number of carbonyl (C=O) groups excluding carboxylic acids is 3. The molecule has 0 saturated carbocycles. The molecule has 7 nitrogen and oxygen atoms in total. The summed E-state index contributed by atoms with van der Waals surface area (Å²) in [5.41, 5.74) is -1.64. The van der Waals surface area contributed by atoms with E-state index < -0.39 is 41.5 Å². The van der Waals surface area contributed by atoms with Crippen molar-refractivity contribution in [2.24, 2.45) is 11.1 Å². The summed E-state index contributed by atoms with van der Waals surface area (Å²) in [6.07, 6.45) is -6.02. The fourth-order valence-electron chi connectivity index (χ4n) is 2.63. The van der Waals surface area contributed by atoms with Crippen LogP contribution in [0.15, 0.2) is 29.4 Å². The second kappa shape index (κ2) is 5.87. The normalized spacial score (nSPS) is 22.6. The van der Waals surface area contributed by atoms with Gasteiger partial charge in [-0.15, -0.1) is 0 Å². The van der Waals surface area contributed by atoms with Gasteiger partial charge in [-0.05, 0) is 25.1 Å². The number of hydrogen-bond acceptors (Lipinski definition) is 6. The molecule has 0 aromatic heterocycles. The number of halogens is 3. The Morgan fingerprint density at radius 2 is 2.04 bits per heavy atom. The topological polar surface area (TPSA) is 85.3 Å². The van der Waals surface area contributed by atoms with Gasteiger partial charge in [0.1, 0.15) is 5.92 Å². The summed E-state index contributed by atoms with van der Waals surface area (Å²) in [4.78, 5) is 42.1. The van der Waals surface area contributed by atoms with Crippen LogP contribution < -0.4 is 4.90 Å². The zero-order valence-corrected chi connectivity index (χ0v) is 12.7. The van der Waals surface area contributed by atoms with Crippen molar-refractivity contribution in [3.05, 3.63) is 29.8 Å². The second-order valence-corrected chi connectivity index (χ2v) is 5.26. The molecule has 2 amide bonds. The summed E-state index contributed by atoms with van der Waals surface area (Å²) in [6.45, 7) is 1.57. The minimum Gasteiger partial charge on any atom is -0.461 e. The van der Waals surface area contributed by atoms with Crippen LogP contribution in [0.5, 0.6) is 0 Å². The molecule has 10 heteroatoms. The van der Waals surface area contributed by atoms with E-state index in [1.54, 1.807) is 6.92 Å². The molecule has 1 aromatic carbocycles. The van der Waals surface area contributed by atoms with Crippen molar-refractivity contribution in [3.63, 3.8) is 0 Å². The van der Waals surface area contributed by atoms with Gasteiger partial charge in [0, 0.05) is 0 Å². The standard InChI is InChI=1S/C15H11F3N2O5/c1-2-24-14(23)10-9-11(25-19-10)13(22)20(12(9)21)8-5-3-4-7(6-8)15(16,17)18/h3-6,9,11H,2H2,1H3/t9-,11+/m0/s1. The number of hydrogen-bond donors (Lipinski definition) is 0. The average Bonchev–Trinajstić information content (AvgIpc) is 3.08. The summed E-state index contributed by atoms with van der Waals surface area (Å²) >= 11 is 0. The zero-order valence-electron chi connectivity index (χ0n) is 12.7. The van der Waals surface area contributed by atoms with Crippen molar-refractivity contribution >= 4 is 29.2 Å². The lowest BCUT2D eigenvalue weighted by atomic mass is 10.00. The number of alkyl halides is 3. The predicted molar refractivity (Wildman–Crippen MR) is 76.4 cm³/mol. The first-order valence-corrected chi connectivity index (χ1v) is 7.21. The van der Waals surface area contributed by atoms with Crippen LogP contribution in [0.2, 0.25) is 0 Å². The number of nitrogens with zero attached hydrogens (tertiary/aromatic N) is 2. The number of anilines is 1. The smallest absolute Gasteiger partial charge is 0.416 e. The Morgan fingerprint density at radius 3 is 2.68 bits per heavy atom.